The molecule has 2 amide bonds. The molecule has 0 bridgehead atoms. The summed E-state index contributed by atoms with van der Waals surface area (Å²) in [4.78, 5) is 54.7. The lowest BCUT2D eigenvalue weighted by molar-refractivity contribution is -0.153. The zero-order chi connectivity index (χ0) is 24.6. The van der Waals surface area contributed by atoms with Crippen LogP contribution in [0.25, 0.3) is 11.1 Å². The number of fused-ring (bicyclic) bond motifs is 1. The van der Waals surface area contributed by atoms with Gasteiger partial charge in [0, 0.05) is 22.1 Å². The fourth-order valence-electron chi connectivity index (χ4n) is 3.47. The van der Waals surface area contributed by atoms with E-state index in [4.69, 9.17) is 23.1 Å². The summed E-state index contributed by atoms with van der Waals surface area (Å²) in [6.07, 6.45) is 0.689. The number of rotatable bonds is 8. The van der Waals surface area contributed by atoms with Crippen molar-refractivity contribution in [2.24, 2.45) is 0 Å². The first-order valence-electron chi connectivity index (χ1n) is 9.30. The lowest BCUT2D eigenvalue weighted by atomic mass is 9.87. The average Bonchev–Trinajstić information content (AvgIpc) is 3.48. The quantitative estimate of drug-likeness (QED) is 0.209. The molecule has 12 nitrogen and oxygen atoms in total. The van der Waals surface area contributed by atoms with E-state index in [2.05, 4.69) is 20.5 Å². The van der Waals surface area contributed by atoms with Gasteiger partial charge in [-0.3, -0.25) is 19.3 Å². The molecule has 2 aliphatic heterocycles. The van der Waals surface area contributed by atoms with Gasteiger partial charge >= 0.3 is 11.9 Å². The number of carbonyl (C=O) groups is 4. The van der Waals surface area contributed by atoms with Gasteiger partial charge in [0.15, 0.2) is 10.7 Å². The van der Waals surface area contributed by atoms with Crippen molar-refractivity contribution in [1.82, 2.24) is 25.4 Å². The molecule has 0 aromatic carbocycles. The van der Waals surface area contributed by atoms with Crippen molar-refractivity contribution in [3.05, 3.63) is 33.4 Å². The lowest BCUT2D eigenvalue weighted by Gasteiger charge is -2.55. The first kappa shape index (κ1) is 23.9. The highest BCUT2D eigenvalue weighted by atomic mass is 32.2. The molecule has 4 rings (SSSR count). The van der Waals surface area contributed by atoms with Gasteiger partial charge in [-0.15, -0.1) is 44.6 Å². The predicted molar refractivity (Wildman–Crippen MR) is 129 cm³/mol. The van der Waals surface area contributed by atoms with Gasteiger partial charge in [0.1, 0.15) is 21.6 Å². The number of aromatic nitrogens is 3. The third kappa shape index (κ3) is 3.97. The number of aliphatic carboxylic acids is 2. The summed E-state index contributed by atoms with van der Waals surface area (Å²) in [7, 11) is 0. The smallest absolute Gasteiger partial charge is 0.353 e. The normalized spacial score (nSPS) is 22.1. The number of carboxylic acid groups (broad SMARTS) is 2. The number of nitrogens with two attached hydrogens (primary N) is 1. The Hall–Kier alpha value is -3.21. The number of carbonyl (C=O) groups excluding carboxylic acids is 2. The number of nitrogens with one attached hydrogen (secondary N) is 1. The van der Waals surface area contributed by atoms with Gasteiger partial charge in [0.25, 0.3) is 11.8 Å². The molecule has 0 radical (unpaired) electrons. The third-order valence-corrected chi connectivity index (χ3v) is 8.11. The van der Waals surface area contributed by atoms with Gasteiger partial charge in [-0.1, -0.05) is 18.3 Å². The lowest BCUT2D eigenvalue weighted by Crippen LogP contribution is -2.80. The summed E-state index contributed by atoms with van der Waals surface area (Å²) in [5.74, 6) is -3.84. The minimum absolute atomic E-state index is 0.0952. The van der Waals surface area contributed by atoms with Gasteiger partial charge in [0.2, 0.25) is 0 Å². The maximum absolute atomic E-state index is 13.3. The number of nitrogen functional groups attached to an aromatic ring is 1. The largest absolute Gasteiger partial charge is 0.481 e. The van der Waals surface area contributed by atoms with E-state index in [1.165, 1.54) is 22.7 Å². The molecule has 2 aliphatic rings. The molecule has 5 N–H and O–H groups in total. The van der Waals surface area contributed by atoms with Gasteiger partial charge in [0.05, 0.1) is 17.7 Å². The highest BCUT2D eigenvalue weighted by Crippen LogP contribution is 2.48. The predicted octanol–water partition coefficient (Wildman–Crippen LogP) is 0.701. The maximum atomic E-state index is 13.3. The average molecular weight is 539 g/mol. The molecule has 34 heavy (non-hydrogen) atoms. The molecule has 0 saturated carbocycles. The monoisotopic (exact) mass is 538 g/mol. The molecular weight excluding hydrogens is 525 g/mol. The fourth-order valence-corrected chi connectivity index (χ4v) is 6.54. The number of anilines is 1. The van der Waals surface area contributed by atoms with Crippen LogP contribution in [0.5, 0.6) is 0 Å². The van der Waals surface area contributed by atoms with Gasteiger partial charge in [-0.05, 0) is 0 Å². The van der Waals surface area contributed by atoms with Crippen molar-refractivity contribution in [3.63, 3.8) is 0 Å². The Morgan fingerprint density at radius 2 is 2.12 bits per heavy atom. The van der Waals surface area contributed by atoms with Crippen LogP contribution in [-0.4, -0.2) is 76.1 Å². The number of hydrogen-bond acceptors (Lipinski definition) is 12. The first-order chi connectivity index (χ1) is 16.2. The van der Waals surface area contributed by atoms with Crippen LogP contribution < -0.4 is 11.1 Å². The molecule has 0 unspecified atom stereocenters. The van der Waals surface area contributed by atoms with Crippen LogP contribution in [0, 0.1) is 0 Å². The summed E-state index contributed by atoms with van der Waals surface area (Å²) >= 11 is 8.51. The molecule has 2 aromatic rings. The van der Waals surface area contributed by atoms with E-state index in [0.29, 0.717) is 10.6 Å². The van der Waals surface area contributed by atoms with Crippen LogP contribution >= 0.6 is 46.7 Å². The van der Waals surface area contributed by atoms with Crippen molar-refractivity contribution in [3.8, 4) is 0 Å². The fraction of sp³-hybridized carbons (Fsp3) is 0.222. The van der Waals surface area contributed by atoms with Gasteiger partial charge < -0.3 is 21.3 Å². The Morgan fingerprint density at radius 1 is 1.35 bits per heavy atom. The number of hydrogen-bond donors (Lipinski definition) is 4. The number of thiazole rings is 1. The van der Waals surface area contributed by atoms with Gasteiger partial charge in [-0.2, -0.15) is 0 Å². The Balaban J connectivity index is 1.67. The summed E-state index contributed by atoms with van der Waals surface area (Å²) in [5.41, 5.74) is 5.55. The van der Waals surface area contributed by atoms with E-state index in [-0.39, 0.29) is 27.8 Å². The molecule has 2 aromatic heterocycles. The van der Waals surface area contributed by atoms with Crippen molar-refractivity contribution in [1.29, 1.82) is 0 Å². The Morgan fingerprint density at radius 3 is 2.68 bits per heavy atom. The van der Waals surface area contributed by atoms with Crippen LogP contribution in [0.3, 0.4) is 0 Å². The number of thioether (sulfide) groups is 1. The minimum atomic E-state index is -1.69. The van der Waals surface area contributed by atoms with E-state index >= 15 is 0 Å². The number of carboxylic acids is 2. The van der Waals surface area contributed by atoms with E-state index in [0.717, 1.165) is 39.0 Å². The standard InChI is InChI=1S/C18H14N6O6S4/c19-17-21-9(4-33-17)7(1-2-10(25)26)12(27)22-18(5-31)15(30)24-11(14(28)29)8(3-32-16(18)24)13-23-20-6-34-13/h1,4-6,16H,2-3H2,(H2,19,21)(H,22,27)(H,25,26)(H,28,29)/t16-,18+/m0/s1. The number of amides is 2. The summed E-state index contributed by atoms with van der Waals surface area (Å²) in [6, 6.07) is 0. The topological polar surface area (TPSA) is 189 Å². The van der Waals surface area contributed by atoms with E-state index in [1.807, 2.05) is 0 Å². The SMILES string of the molecule is Nc1nc(C(=CCC(=O)O)C(=O)N[C@]2(C=S)C(=O)N3C(C(=O)O)=C(c4nncs4)CS[C@H]32)cs1. The Bertz CT molecular complexity index is 1270. The van der Waals surface area contributed by atoms with Crippen molar-refractivity contribution < 1.29 is 29.4 Å². The van der Waals surface area contributed by atoms with E-state index in [1.54, 1.807) is 0 Å². The van der Waals surface area contributed by atoms with Crippen molar-refractivity contribution in [2.45, 2.75) is 17.3 Å². The first-order valence-corrected chi connectivity index (χ1v) is 12.6. The minimum Gasteiger partial charge on any atom is -0.481 e. The number of thiocarbonyl (C=S) groups is 1. The second-order valence-corrected chi connectivity index (χ2v) is 9.97. The molecular formula is C18H14N6O6S4. The van der Waals surface area contributed by atoms with Crippen molar-refractivity contribution >= 4 is 92.1 Å². The van der Waals surface area contributed by atoms with Crippen LogP contribution in [0.1, 0.15) is 17.1 Å². The Labute approximate surface area is 208 Å². The van der Waals surface area contributed by atoms with Gasteiger partial charge in [-0.25, -0.2) is 9.78 Å². The zero-order valence-corrected chi connectivity index (χ0v) is 20.1. The molecule has 176 valence electrons. The summed E-state index contributed by atoms with van der Waals surface area (Å²) < 4.78 is 0. The number of β-lactam (4-membered cyclic amide) rings is 1. The maximum Gasteiger partial charge on any atom is 0.353 e. The van der Waals surface area contributed by atoms with Crippen LogP contribution in [-0.2, 0) is 19.2 Å². The summed E-state index contributed by atoms with van der Waals surface area (Å²) in [6.45, 7) is 0. The van der Waals surface area contributed by atoms with E-state index < -0.39 is 41.1 Å². The second-order valence-electron chi connectivity index (χ2n) is 6.94. The molecule has 0 aliphatic carbocycles. The zero-order valence-electron chi connectivity index (χ0n) is 16.8. The molecule has 16 heteroatoms. The molecule has 1 saturated heterocycles. The molecule has 4 heterocycles. The molecule has 2 atom stereocenters. The second kappa shape index (κ2) is 9.21. The van der Waals surface area contributed by atoms with Crippen molar-refractivity contribution in [2.75, 3.05) is 11.5 Å². The van der Waals surface area contributed by atoms with Crippen LogP contribution in [0.15, 0.2) is 22.7 Å². The third-order valence-electron chi connectivity index (χ3n) is 4.96. The highest BCUT2D eigenvalue weighted by Gasteiger charge is 2.65. The summed E-state index contributed by atoms with van der Waals surface area (Å²) in [5, 5.41) is 31.4. The Kier molecular flexibility index (Phi) is 6.48. The van der Waals surface area contributed by atoms with Crippen LogP contribution in [0.4, 0.5) is 5.13 Å². The number of nitrogens with zero attached hydrogens (tertiary/aromatic N) is 4. The van der Waals surface area contributed by atoms with Crippen LogP contribution in [0.2, 0.25) is 0 Å². The molecule has 0 spiro atoms. The van der Waals surface area contributed by atoms with E-state index in [9.17, 15) is 24.3 Å². The highest BCUT2D eigenvalue weighted by molar-refractivity contribution is 8.00. The molecule has 1 fully saturated rings.